The molecule has 0 aliphatic rings. The predicted molar refractivity (Wildman–Crippen MR) is 118 cm³/mol. The summed E-state index contributed by atoms with van der Waals surface area (Å²) in [6.45, 7) is 2.63. The van der Waals surface area contributed by atoms with E-state index in [2.05, 4.69) is 19.9 Å². The molecule has 1 N–H and O–H groups in total. The third-order valence-corrected chi connectivity index (χ3v) is 4.93. The zero-order valence-electron chi connectivity index (χ0n) is 15.7. The van der Waals surface area contributed by atoms with E-state index in [9.17, 15) is 4.79 Å². The van der Waals surface area contributed by atoms with Gasteiger partial charge in [-0.05, 0) is 54.4 Å². The van der Waals surface area contributed by atoms with Crippen molar-refractivity contribution < 1.29 is 4.79 Å². The molecule has 0 saturated carbocycles. The van der Waals surface area contributed by atoms with Crippen LogP contribution >= 0.6 is 24.0 Å². The second-order valence-electron chi connectivity index (χ2n) is 6.68. The van der Waals surface area contributed by atoms with Crippen LogP contribution in [0.25, 0.3) is 11.0 Å². The molecule has 0 spiro atoms. The monoisotopic (exact) mass is 426 g/mol. The lowest BCUT2D eigenvalue weighted by Gasteiger charge is -2.14. The van der Waals surface area contributed by atoms with E-state index < -0.39 is 0 Å². The molecule has 0 bridgehead atoms. The maximum Gasteiger partial charge on any atom is 0.251 e. The van der Waals surface area contributed by atoms with Gasteiger partial charge in [-0.1, -0.05) is 29.8 Å². The summed E-state index contributed by atoms with van der Waals surface area (Å²) in [5, 5.41) is 3.72. The van der Waals surface area contributed by atoms with Crippen LogP contribution in [0.5, 0.6) is 0 Å². The van der Waals surface area contributed by atoms with Crippen LogP contribution in [0.3, 0.4) is 0 Å². The number of rotatable bonds is 5. The number of halogens is 2. The van der Waals surface area contributed by atoms with Crippen molar-refractivity contribution in [2.24, 2.45) is 0 Å². The molecule has 0 aliphatic heterocycles. The smallest absolute Gasteiger partial charge is 0.251 e. The Morgan fingerprint density at radius 1 is 1.17 bits per heavy atom. The molecule has 2 aromatic heterocycles. The Balaban J connectivity index is 0.00000240. The van der Waals surface area contributed by atoms with Crippen LogP contribution in [0.4, 0.5) is 0 Å². The number of benzene rings is 2. The van der Waals surface area contributed by atoms with Crippen molar-refractivity contribution in [3.63, 3.8) is 0 Å². The maximum atomic E-state index is 12.6. The number of carbonyl (C=O) groups is 1. The number of nitrogens with zero attached hydrogens (tertiary/aromatic N) is 3. The van der Waals surface area contributed by atoms with Gasteiger partial charge in [0, 0.05) is 29.5 Å². The Bertz CT molecular complexity index is 1110. The van der Waals surface area contributed by atoms with Crippen molar-refractivity contribution in [1.29, 1.82) is 0 Å². The third kappa shape index (κ3) is 4.75. The average Bonchev–Trinajstić information content (AvgIpc) is 3.12. The minimum atomic E-state index is -0.134. The Morgan fingerprint density at radius 3 is 2.69 bits per heavy atom. The lowest BCUT2D eigenvalue weighted by Crippen LogP contribution is -2.26. The molecule has 2 heterocycles. The number of hydrogen-bond donors (Lipinski definition) is 1. The van der Waals surface area contributed by atoms with Gasteiger partial charge >= 0.3 is 0 Å². The first-order valence-electron chi connectivity index (χ1n) is 9.00. The number of aromatic nitrogens is 3. The molecule has 0 unspecified atom stereocenters. The number of nitrogens with one attached hydrogen (secondary N) is 1. The molecule has 5 nitrogen and oxygen atoms in total. The summed E-state index contributed by atoms with van der Waals surface area (Å²) in [5.74, 6) is -0.134. The highest BCUT2D eigenvalue weighted by Crippen LogP contribution is 2.19. The van der Waals surface area contributed by atoms with Gasteiger partial charge in [0.25, 0.3) is 5.91 Å². The average molecular weight is 427 g/mol. The standard InChI is InChI=1S/C22H19ClN4O.ClH/c1-15(18-3-2-10-24-12-18)26-22(28)17-6-9-21-20(11-17)25-14-27(21)13-16-4-7-19(23)8-5-16;/h2-12,14-15H,13H2,1H3,(H,26,28);1H/t15-;/m1./s1. The first-order valence-corrected chi connectivity index (χ1v) is 9.38. The number of fused-ring (bicyclic) bond motifs is 1. The van der Waals surface area contributed by atoms with Crippen molar-refractivity contribution in [2.45, 2.75) is 19.5 Å². The van der Waals surface area contributed by atoms with Crippen molar-refractivity contribution >= 4 is 40.9 Å². The van der Waals surface area contributed by atoms with Gasteiger partial charge in [-0.15, -0.1) is 12.4 Å². The summed E-state index contributed by atoms with van der Waals surface area (Å²) >= 11 is 5.95. The van der Waals surface area contributed by atoms with Gasteiger partial charge in [-0.3, -0.25) is 9.78 Å². The van der Waals surface area contributed by atoms with Crippen LogP contribution in [0.2, 0.25) is 5.02 Å². The SMILES string of the molecule is C[C@@H](NC(=O)c1ccc2c(c1)ncn2Cc1ccc(Cl)cc1)c1cccnc1.Cl. The summed E-state index contributed by atoms with van der Waals surface area (Å²) in [7, 11) is 0. The number of imidazole rings is 1. The molecule has 0 aliphatic carbocycles. The van der Waals surface area contributed by atoms with Crippen LogP contribution in [-0.4, -0.2) is 20.4 Å². The van der Waals surface area contributed by atoms with Gasteiger partial charge in [0.05, 0.1) is 23.4 Å². The number of pyridine rings is 1. The van der Waals surface area contributed by atoms with E-state index in [4.69, 9.17) is 11.6 Å². The zero-order valence-corrected chi connectivity index (χ0v) is 17.3. The molecule has 0 fully saturated rings. The lowest BCUT2D eigenvalue weighted by molar-refractivity contribution is 0.0940. The Kier molecular flexibility index (Phi) is 6.52. The topological polar surface area (TPSA) is 59.8 Å². The second-order valence-corrected chi connectivity index (χ2v) is 7.12. The van der Waals surface area contributed by atoms with Gasteiger partial charge in [-0.25, -0.2) is 4.98 Å². The van der Waals surface area contributed by atoms with E-state index in [1.54, 1.807) is 18.7 Å². The van der Waals surface area contributed by atoms with Crippen molar-refractivity contribution in [1.82, 2.24) is 19.9 Å². The number of amides is 1. The second kappa shape index (κ2) is 9.07. The van der Waals surface area contributed by atoms with Gasteiger partial charge in [0.2, 0.25) is 0 Å². The fourth-order valence-electron chi connectivity index (χ4n) is 3.11. The van der Waals surface area contributed by atoms with E-state index in [0.29, 0.717) is 12.1 Å². The summed E-state index contributed by atoms with van der Waals surface area (Å²) in [6.07, 6.45) is 5.26. The molecule has 7 heteroatoms. The van der Waals surface area contributed by atoms with Crippen LogP contribution in [0.1, 0.15) is 34.5 Å². The van der Waals surface area contributed by atoms with Crippen LogP contribution < -0.4 is 5.32 Å². The van der Waals surface area contributed by atoms with E-state index in [1.165, 1.54) is 0 Å². The number of carbonyl (C=O) groups excluding carboxylic acids is 1. The predicted octanol–water partition coefficient (Wildman–Crippen LogP) is 5.05. The van der Waals surface area contributed by atoms with E-state index in [1.807, 2.05) is 61.5 Å². The first-order chi connectivity index (χ1) is 13.6. The Morgan fingerprint density at radius 2 is 1.97 bits per heavy atom. The summed E-state index contributed by atoms with van der Waals surface area (Å²) in [5.41, 5.74) is 4.45. The first kappa shape index (κ1) is 20.8. The highest BCUT2D eigenvalue weighted by Gasteiger charge is 2.13. The molecule has 2 aromatic carbocycles. The molecule has 29 heavy (non-hydrogen) atoms. The molecule has 1 atom stereocenters. The van der Waals surface area contributed by atoms with Crippen molar-refractivity contribution in [3.8, 4) is 0 Å². The summed E-state index contributed by atoms with van der Waals surface area (Å²) < 4.78 is 2.05. The summed E-state index contributed by atoms with van der Waals surface area (Å²) in [4.78, 5) is 21.2. The van der Waals surface area contributed by atoms with Crippen molar-refractivity contribution in [3.05, 3.63) is 95.0 Å². The molecule has 4 rings (SSSR count). The maximum absolute atomic E-state index is 12.6. The molecule has 0 saturated heterocycles. The fraction of sp³-hybridized carbons (Fsp3) is 0.136. The molecular weight excluding hydrogens is 407 g/mol. The molecule has 4 aromatic rings. The van der Waals surface area contributed by atoms with E-state index >= 15 is 0 Å². The van der Waals surface area contributed by atoms with Gasteiger partial charge in [-0.2, -0.15) is 0 Å². The van der Waals surface area contributed by atoms with Crippen LogP contribution in [-0.2, 0) is 6.54 Å². The van der Waals surface area contributed by atoms with Gasteiger partial charge in [0.15, 0.2) is 0 Å². The lowest BCUT2D eigenvalue weighted by atomic mass is 10.1. The molecule has 0 radical (unpaired) electrons. The van der Waals surface area contributed by atoms with Gasteiger partial charge < -0.3 is 9.88 Å². The fourth-order valence-corrected chi connectivity index (χ4v) is 3.24. The molecule has 1 amide bonds. The highest BCUT2D eigenvalue weighted by atomic mass is 35.5. The Hall–Kier alpha value is -2.89. The van der Waals surface area contributed by atoms with Crippen molar-refractivity contribution in [2.75, 3.05) is 0 Å². The minimum Gasteiger partial charge on any atom is -0.345 e. The third-order valence-electron chi connectivity index (χ3n) is 4.68. The normalized spacial score (nSPS) is 11.7. The Labute approximate surface area is 180 Å². The van der Waals surface area contributed by atoms with Crippen LogP contribution in [0.15, 0.2) is 73.3 Å². The number of hydrogen-bond acceptors (Lipinski definition) is 3. The largest absolute Gasteiger partial charge is 0.345 e. The van der Waals surface area contributed by atoms with E-state index in [-0.39, 0.29) is 24.4 Å². The minimum absolute atomic E-state index is 0. The van der Waals surface area contributed by atoms with Crippen LogP contribution in [0, 0.1) is 0 Å². The van der Waals surface area contributed by atoms with E-state index in [0.717, 1.165) is 27.2 Å². The molecule has 148 valence electrons. The zero-order chi connectivity index (χ0) is 19.5. The quantitative estimate of drug-likeness (QED) is 0.485. The molecular formula is C22H20Cl2N4O. The van der Waals surface area contributed by atoms with Gasteiger partial charge in [0.1, 0.15) is 0 Å². The highest BCUT2D eigenvalue weighted by molar-refractivity contribution is 6.30. The summed E-state index contributed by atoms with van der Waals surface area (Å²) in [6, 6.07) is 17.0.